The summed E-state index contributed by atoms with van der Waals surface area (Å²) in [5.41, 5.74) is 1.99. The van der Waals surface area contributed by atoms with Crippen molar-refractivity contribution in [2.24, 2.45) is 0 Å². The molecule has 0 aliphatic rings. The molecular formula is C14H8BrFN2O2. The second-order valence-corrected chi connectivity index (χ2v) is 5.17. The first-order valence-electron chi connectivity index (χ1n) is 5.71. The van der Waals surface area contributed by atoms with Gasteiger partial charge >= 0.3 is 5.97 Å². The molecule has 0 saturated carbocycles. The molecule has 0 bridgehead atoms. The highest BCUT2D eigenvalue weighted by Gasteiger charge is 2.10. The maximum absolute atomic E-state index is 13.5. The number of halogens is 2. The molecule has 0 saturated heterocycles. The number of fused-ring (bicyclic) bond motifs is 1. The Bertz CT molecular complexity index is 809. The Balaban J connectivity index is 2.25. The van der Waals surface area contributed by atoms with E-state index >= 15 is 0 Å². The van der Waals surface area contributed by atoms with Gasteiger partial charge < -0.3 is 5.11 Å². The molecule has 0 spiro atoms. The van der Waals surface area contributed by atoms with Crippen LogP contribution in [-0.4, -0.2) is 20.6 Å². The molecule has 3 rings (SSSR count). The minimum absolute atomic E-state index is 0.162. The van der Waals surface area contributed by atoms with E-state index in [0.29, 0.717) is 21.2 Å². The zero-order valence-electron chi connectivity index (χ0n) is 10.0. The van der Waals surface area contributed by atoms with Crippen LogP contribution in [0.2, 0.25) is 0 Å². The van der Waals surface area contributed by atoms with Crippen molar-refractivity contribution in [2.75, 3.05) is 0 Å². The molecule has 0 atom stereocenters. The maximum Gasteiger partial charge on any atom is 0.335 e. The summed E-state index contributed by atoms with van der Waals surface area (Å²) in [5.74, 6) is -1.40. The first-order valence-corrected chi connectivity index (χ1v) is 6.51. The third-order valence-corrected chi connectivity index (χ3v) is 3.38. The number of aromatic nitrogens is 2. The van der Waals surface area contributed by atoms with E-state index in [1.807, 2.05) is 0 Å². The molecule has 0 unspecified atom stereocenters. The molecule has 100 valence electrons. The smallest absolute Gasteiger partial charge is 0.335 e. The Morgan fingerprint density at radius 3 is 2.75 bits per heavy atom. The molecule has 1 aromatic heterocycles. The van der Waals surface area contributed by atoms with Crippen molar-refractivity contribution in [2.45, 2.75) is 0 Å². The predicted octanol–water partition coefficient (Wildman–Crippen LogP) is 3.63. The van der Waals surface area contributed by atoms with E-state index in [4.69, 9.17) is 5.11 Å². The number of rotatable bonds is 2. The number of benzene rings is 2. The van der Waals surface area contributed by atoms with Gasteiger partial charge in [-0.15, -0.1) is 0 Å². The van der Waals surface area contributed by atoms with Crippen molar-refractivity contribution in [3.05, 3.63) is 58.6 Å². The van der Waals surface area contributed by atoms with Crippen LogP contribution in [0, 0.1) is 5.82 Å². The fraction of sp³-hybridized carbons (Fsp3) is 0. The number of nitrogens with zero attached hydrogens (tertiary/aromatic N) is 2. The quantitative estimate of drug-likeness (QED) is 0.778. The summed E-state index contributed by atoms with van der Waals surface area (Å²) in [6, 6.07) is 9.08. The molecular weight excluding hydrogens is 327 g/mol. The van der Waals surface area contributed by atoms with Crippen LogP contribution in [0.1, 0.15) is 10.4 Å². The lowest BCUT2D eigenvalue weighted by atomic mass is 10.2. The Morgan fingerprint density at radius 1 is 1.25 bits per heavy atom. The summed E-state index contributed by atoms with van der Waals surface area (Å²) in [7, 11) is 0. The van der Waals surface area contributed by atoms with Crippen LogP contribution in [0.4, 0.5) is 4.39 Å². The van der Waals surface area contributed by atoms with Gasteiger partial charge in [0.2, 0.25) is 0 Å². The average molecular weight is 335 g/mol. The van der Waals surface area contributed by atoms with Crippen LogP contribution < -0.4 is 0 Å². The highest BCUT2D eigenvalue weighted by atomic mass is 79.9. The zero-order chi connectivity index (χ0) is 14.3. The highest BCUT2D eigenvalue weighted by molar-refractivity contribution is 9.10. The van der Waals surface area contributed by atoms with E-state index in [-0.39, 0.29) is 11.4 Å². The van der Waals surface area contributed by atoms with Crippen LogP contribution >= 0.6 is 15.9 Å². The Morgan fingerprint density at radius 2 is 2.05 bits per heavy atom. The lowest BCUT2D eigenvalue weighted by Gasteiger charge is -2.06. The van der Waals surface area contributed by atoms with Gasteiger partial charge in [0.1, 0.15) is 12.1 Å². The predicted molar refractivity (Wildman–Crippen MR) is 75.7 cm³/mol. The van der Waals surface area contributed by atoms with Gasteiger partial charge in [0.15, 0.2) is 0 Å². The van der Waals surface area contributed by atoms with Gasteiger partial charge in [-0.05, 0) is 36.4 Å². The van der Waals surface area contributed by atoms with Gasteiger partial charge in [-0.2, -0.15) is 0 Å². The van der Waals surface area contributed by atoms with E-state index in [0.717, 1.165) is 0 Å². The van der Waals surface area contributed by atoms with Crippen LogP contribution in [0.3, 0.4) is 0 Å². The topological polar surface area (TPSA) is 55.1 Å². The Labute approximate surface area is 121 Å². The molecule has 1 N–H and O–H groups in total. The lowest BCUT2D eigenvalue weighted by Crippen LogP contribution is -1.98. The summed E-state index contributed by atoms with van der Waals surface area (Å²) in [4.78, 5) is 15.2. The lowest BCUT2D eigenvalue weighted by molar-refractivity contribution is 0.0697. The number of imidazole rings is 1. The van der Waals surface area contributed by atoms with E-state index in [9.17, 15) is 9.18 Å². The number of hydrogen-bond acceptors (Lipinski definition) is 2. The number of carboxylic acids is 1. The van der Waals surface area contributed by atoms with Crippen LogP contribution in [0.15, 0.2) is 47.2 Å². The van der Waals surface area contributed by atoms with Crippen LogP contribution in [-0.2, 0) is 0 Å². The second-order valence-electron chi connectivity index (χ2n) is 4.25. The van der Waals surface area contributed by atoms with Crippen molar-refractivity contribution in [1.82, 2.24) is 9.55 Å². The number of carbonyl (C=O) groups is 1. The third-order valence-electron chi connectivity index (χ3n) is 2.92. The molecule has 0 aliphatic carbocycles. The van der Waals surface area contributed by atoms with E-state index in [1.54, 1.807) is 16.7 Å². The van der Waals surface area contributed by atoms with Crippen molar-refractivity contribution in [3.63, 3.8) is 0 Å². The Kier molecular flexibility index (Phi) is 3.02. The summed E-state index contributed by atoms with van der Waals surface area (Å²) in [5, 5.41) is 9.03. The zero-order valence-corrected chi connectivity index (χ0v) is 11.6. The number of hydrogen-bond donors (Lipinski definition) is 1. The van der Waals surface area contributed by atoms with Crippen LogP contribution in [0.5, 0.6) is 0 Å². The molecule has 2 aromatic carbocycles. The first-order chi connectivity index (χ1) is 9.54. The molecule has 0 radical (unpaired) electrons. The molecule has 0 aliphatic heterocycles. The summed E-state index contributed by atoms with van der Waals surface area (Å²) in [6.45, 7) is 0. The minimum Gasteiger partial charge on any atom is -0.478 e. The molecule has 20 heavy (non-hydrogen) atoms. The summed E-state index contributed by atoms with van der Waals surface area (Å²) >= 11 is 3.23. The fourth-order valence-electron chi connectivity index (χ4n) is 2.02. The van der Waals surface area contributed by atoms with Crippen molar-refractivity contribution in [3.8, 4) is 5.69 Å². The normalized spacial score (nSPS) is 10.9. The maximum atomic E-state index is 13.5. The number of aromatic carboxylic acids is 1. The molecule has 0 amide bonds. The second kappa shape index (κ2) is 4.72. The highest BCUT2D eigenvalue weighted by Crippen LogP contribution is 2.23. The van der Waals surface area contributed by atoms with Crippen molar-refractivity contribution >= 4 is 32.9 Å². The minimum atomic E-state index is -1.01. The van der Waals surface area contributed by atoms with E-state index in [1.165, 1.54) is 30.6 Å². The molecule has 4 nitrogen and oxygen atoms in total. The molecule has 1 heterocycles. The van der Waals surface area contributed by atoms with E-state index < -0.39 is 5.97 Å². The number of carboxylic acid groups (broad SMARTS) is 1. The van der Waals surface area contributed by atoms with Gasteiger partial charge in [0.25, 0.3) is 0 Å². The van der Waals surface area contributed by atoms with Gasteiger partial charge in [0, 0.05) is 4.47 Å². The van der Waals surface area contributed by atoms with Gasteiger partial charge in [0.05, 0.1) is 22.3 Å². The van der Waals surface area contributed by atoms with Crippen molar-refractivity contribution in [1.29, 1.82) is 0 Å². The average Bonchev–Trinajstić information content (AvgIpc) is 2.80. The largest absolute Gasteiger partial charge is 0.478 e. The SMILES string of the molecule is O=C(O)c1ccc2ncn(-c3cc(F)cc(Br)c3)c2c1. The van der Waals surface area contributed by atoms with E-state index in [2.05, 4.69) is 20.9 Å². The van der Waals surface area contributed by atoms with Crippen molar-refractivity contribution < 1.29 is 14.3 Å². The summed E-state index contributed by atoms with van der Waals surface area (Å²) < 4.78 is 15.7. The van der Waals surface area contributed by atoms with Gasteiger partial charge in [-0.25, -0.2) is 14.2 Å². The standard InChI is InChI=1S/C14H8BrFN2O2/c15-9-4-10(16)6-11(5-9)18-7-17-12-2-1-8(14(19)20)3-13(12)18/h1-7H,(H,19,20). The summed E-state index contributed by atoms with van der Waals surface area (Å²) in [6.07, 6.45) is 1.54. The third kappa shape index (κ3) is 2.18. The molecule has 3 aromatic rings. The molecule has 0 fully saturated rings. The van der Waals surface area contributed by atoms with Gasteiger partial charge in [-0.1, -0.05) is 15.9 Å². The monoisotopic (exact) mass is 334 g/mol. The molecule has 6 heteroatoms. The Hall–Kier alpha value is -2.21. The fourth-order valence-corrected chi connectivity index (χ4v) is 2.48. The first kappa shape index (κ1) is 12.8. The van der Waals surface area contributed by atoms with Crippen LogP contribution in [0.25, 0.3) is 16.7 Å². The van der Waals surface area contributed by atoms with Gasteiger partial charge in [-0.3, -0.25) is 4.57 Å².